The van der Waals surface area contributed by atoms with Crippen LogP contribution < -0.4 is 18.9 Å². The van der Waals surface area contributed by atoms with Crippen molar-refractivity contribution in [3.05, 3.63) is 65.6 Å². The summed E-state index contributed by atoms with van der Waals surface area (Å²) in [6.07, 6.45) is 5.87. The zero-order valence-corrected chi connectivity index (χ0v) is 21.0. The van der Waals surface area contributed by atoms with Gasteiger partial charge in [-0.2, -0.15) is 16.7 Å². The van der Waals surface area contributed by atoms with Crippen molar-refractivity contribution in [1.82, 2.24) is 14.6 Å². The van der Waals surface area contributed by atoms with Gasteiger partial charge in [-0.15, -0.1) is 0 Å². The fraction of sp³-hybridized carbons (Fsp3) is 0.273. The molecule has 0 spiro atoms. The minimum absolute atomic E-state index is 0.00637. The van der Waals surface area contributed by atoms with Crippen LogP contribution >= 0.6 is 11.8 Å². The van der Waals surface area contributed by atoms with Crippen molar-refractivity contribution >= 4 is 34.7 Å². The van der Waals surface area contributed by atoms with Gasteiger partial charge in [-0.3, -0.25) is 9.62 Å². The van der Waals surface area contributed by atoms with Gasteiger partial charge in [0.1, 0.15) is 23.6 Å². The van der Waals surface area contributed by atoms with Crippen LogP contribution in [0.4, 0.5) is 19.3 Å². The number of nitrogens with zero attached hydrogens (tertiary/aromatic N) is 2. The number of aromatic nitrogens is 1. The Morgan fingerprint density at radius 1 is 1.29 bits per heavy atom. The summed E-state index contributed by atoms with van der Waals surface area (Å²) in [5.74, 6) is -1.33. The zero-order valence-electron chi connectivity index (χ0n) is 19.3. The first-order valence-corrected chi connectivity index (χ1v) is 13.0. The highest BCUT2D eigenvalue weighted by molar-refractivity contribution is 7.97. The quantitative estimate of drug-likeness (QED) is 0.446. The van der Waals surface area contributed by atoms with E-state index in [1.165, 1.54) is 42.6 Å². The normalized spacial score (nSPS) is 15.4. The molecule has 1 aliphatic heterocycles. The van der Waals surface area contributed by atoms with E-state index in [1.807, 2.05) is 12.5 Å². The van der Waals surface area contributed by atoms with Crippen molar-refractivity contribution in [3.8, 4) is 17.6 Å². The molecule has 3 aromatic rings. The smallest absolute Gasteiger partial charge is 0.416 e. The SMILES string of the molecule is CNS(=O)Nc1cccc(CN2C(=O)Oc3cc(Oc4ncco4)cc(F)c3C2C)c1F.CSC. The minimum atomic E-state index is -1.68. The van der Waals surface area contributed by atoms with E-state index in [1.54, 1.807) is 24.8 Å². The number of benzene rings is 2. The number of rotatable bonds is 7. The maximum Gasteiger partial charge on any atom is 0.416 e. The number of nitrogens with one attached hydrogen (secondary N) is 2. The number of anilines is 1. The second-order valence-electron chi connectivity index (χ2n) is 7.15. The number of carbonyl (C=O) groups excluding carboxylic acids is 1. The first-order chi connectivity index (χ1) is 16.8. The third-order valence-corrected chi connectivity index (χ3v) is 5.58. The highest BCUT2D eigenvalue weighted by atomic mass is 32.2. The number of amides is 1. The Hall–Kier alpha value is -3.16. The largest absolute Gasteiger partial charge is 0.417 e. The monoisotopic (exact) mass is 526 g/mol. The fourth-order valence-corrected chi connectivity index (χ4v) is 3.72. The lowest BCUT2D eigenvalue weighted by Crippen LogP contribution is -2.40. The van der Waals surface area contributed by atoms with E-state index >= 15 is 0 Å². The molecular formula is C22H24F2N4O5S2. The fourth-order valence-electron chi connectivity index (χ4n) is 3.26. The molecule has 2 heterocycles. The van der Waals surface area contributed by atoms with Crippen LogP contribution in [0.2, 0.25) is 0 Å². The molecule has 9 nitrogen and oxygen atoms in total. The van der Waals surface area contributed by atoms with E-state index in [2.05, 4.69) is 14.4 Å². The molecule has 2 atom stereocenters. The molecule has 1 aromatic heterocycles. The van der Waals surface area contributed by atoms with Crippen LogP contribution in [0.1, 0.15) is 24.1 Å². The van der Waals surface area contributed by atoms with Gasteiger partial charge in [0.25, 0.3) is 0 Å². The molecule has 188 valence electrons. The number of carbonyl (C=O) groups is 1. The van der Waals surface area contributed by atoms with Gasteiger partial charge in [-0.1, -0.05) is 12.1 Å². The summed E-state index contributed by atoms with van der Waals surface area (Å²) in [5.41, 5.74) is 0.253. The summed E-state index contributed by atoms with van der Waals surface area (Å²) in [4.78, 5) is 17.6. The lowest BCUT2D eigenvalue weighted by atomic mass is 10.0. The third kappa shape index (κ3) is 6.29. The highest BCUT2D eigenvalue weighted by Crippen LogP contribution is 2.40. The number of oxazole rings is 1. The van der Waals surface area contributed by atoms with Gasteiger partial charge in [-0.05, 0) is 32.5 Å². The molecule has 4 rings (SSSR count). The summed E-state index contributed by atoms with van der Waals surface area (Å²) >= 11 is 0.0676. The summed E-state index contributed by atoms with van der Waals surface area (Å²) in [6, 6.07) is 6.15. The second kappa shape index (κ2) is 12.0. The van der Waals surface area contributed by atoms with Gasteiger partial charge in [0.2, 0.25) is 0 Å². The van der Waals surface area contributed by atoms with Gasteiger partial charge in [-0.25, -0.2) is 22.5 Å². The zero-order chi connectivity index (χ0) is 25.5. The van der Waals surface area contributed by atoms with Crippen LogP contribution in [-0.4, -0.2) is 39.7 Å². The lowest BCUT2D eigenvalue weighted by Gasteiger charge is -2.34. The average Bonchev–Trinajstić information content (AvgIpc) is 3.32. The van der Waals surface area contributed by atoms with Crippen molar-refractivity contribution in [1.29, 1.82) is 0 Å². The number of ether oxygens (including phenoxy) is 2. The summed E-state index contributed by atoms with van der Waals surface area (Å²) in [5, 5.41) is 0. The van der Waals surface area contributed by atoms with E-state index in [0.29, 0.717) is 0 Å². The maximum absolute atomic E-state index is 14.9. The lowest BCUT2D eigenvalue weighted by molar-refractivity contribution is 0.114. The van der Waals surface area contributed by atoms with Crippen molar-refractivity contribution in [2.45, 2.75) is 19.5 Å². The number of halogens is 2. The molecular weight excluding hydrogens is 502 g/mol. The Labute approximate surface area is 207 Å². The highest BCUT2D eigenvalue weighted by Gasteiger charge is 2.35. The third-order valence-electron chi connectivity index (χ3n) is 4.80. The van der Waals surface area contributed by atoms with Crippen molar-refractivity contribution in [2.24, 2.45) is 0 Å². The van der Waals surface area contributed by atoms with Crippen molar-refractivity contribution < 1.29 is 31.7 Å². The molecule has 0 radical (unpaired) electrons. The van der Waals surface area contributed by atoms with Gasteiger partial charge < -0.3 is 13.9 Å². The van der Waals surface area contributed by atoms with Gasteiger partial charge in [0.15, 0.2) is 17.0 Å². The molecule has 0 bridgehead atoms. The Kier molecular flexibility index (Phi) is 9.07. The standard InChI is InChI=1S/C20H18F2N4O5S.C2H6S/c1-11-17-14(21)8-13(30-19-24-6-7-29-19)9-16(17)31-20(27)26(11)10-12-4-3-5-15(18(12)22)25-32(28)23-2;1-3-2/h3-9,11,23,25H,10H2,1-2H3;1-2H3. The molecule has 1 aliphatic rings. The Morgan fingerprint density at radius 3 is 2.69 bits per heavy atom. The molecule has 35 heavy (non-hydrogen) atoms. The van der Waals surface area contributed by atoms with E-state index in [-0.39, 0.29) is 40.9 Å². The van der Waals surface area contributed by atoms with Crippen LogP contribution in [0.5, 0.6) is 17.6 Å². The molecule has 0 aliphatic carbocycles. The second-order valence-corrected chi connectivity index (χ2v) is 9.12. The molecule has 13 heteroatoms. The Bertz CT molecular complexity index is 1200. The topological polar surface area (TPSA) is 106 Å². The van der Waals surface area contributed by atoms with E-state index in [0.717, 1.165) is 6.07 Å². The molecule has 0 fully saturated rings. The van der Waals surface area contributed by atoms with Crippen molar-refractivity contribution in [2.75, 3.05) is 24.3 Å². The van der Waals surface area contributed by atoms with Crippen LogP contribution in [0.3, 0.4) is 0 Å². The van der Waals surface area contributed by atoms with E-state index < -0.39 is 34.9 Å². The van der Waals surface area contributed by atoms with Crippen LogP contribution in [0, 0.1) is 11.6 Å². The first kappa shape index (κ1) is 26.4. The Balaban J connectivity index is 0.00000108. The van der Waals surface area contributed by atoms with E-state index in [4.69, 9.17) is 13.9 Å². The van der Waals surface area contributed by atoms with Crippen LogP contribution in [0.15, 0.2) is 47.2 Å². The number of hydrogen-bond acceptors (Lipinski definition) is 7. The molecule has 0 saturated heterocycles. The molecule has 2 aromatic carbocycles. The molecule has 0 saturated carbocycles. The predicted octanol–water partition coefficient (Wildman–Crippen LogP) is 5.01. The minimum Gasteiger partial charge on any atom is -0.417 e. The number of thioether (sulfide) groups is 1. The van der Waals surface area contributed by atoms with Gasteiger partial charge >= 0.3 is 12.2 Å². The van der Waals surface area contributed by atoms with Gasteiger partial charge in [0.05, 0.1) is 30.0 Å². The summed E-state index contributed by atoms with van der Waals surface area (Å²) in [6.45, 7) is 1.41. The molecule has 2 unspecified atom stereocenters. The number of fused-ring (bicyclic) bond motifs is 1. The van der Waals surface area contributed by atoms with E-state index in [9.17, 15) is 17.8 Å². The summed E-state index contributed by atoms with van der Waals surface area (Å²) < 4.78 is 61.9. The first-order valence-electron chi connectivity index (χ1n) is 10.2. The van der Waals surface area contributed by atoms with Crippen LogP contribution in [0.25, 0.3) is 0 Å². The Morgan fingerprint density at radius 2 is 2.03 bits per heavy atom. The average molecular weight is 527 g/mol. The predicted molar refractivity (Wildman–Crippen MR) is 130 cm³/mol. The maximum atomic E-state index is 14.9. The molecule has 2 N–H and O–H groups in total. The van der Waals surface area contributed by atoms with Gasteiger partial charge in [0, 0.05) is 17.7 Å². The van der Waals surface area contributed by atoms with Crippen molar-refractivity contribution in [3.63, 3.8) is 0 Å². The summed E-state index contributed by atoms with van der Waals surface area (Å²) in [7, 11) is 1.45. The number of hydrogen-bond donors (Lipinski definition) is 2. The molecule has 1 amide bonds. The van der Waals surface area contributed by atoms with Crippen LogP contribution in [-0.2, 0) is 17.7 Å².